The van der Waals surface area contributed by atoms with Crippen LogP contribution in [0.2, 0.25) is 0 Å². The topological polar surface area (TPSA) is 79.9 Å². The molecule has 7 nitrogen and oxygen atoms in total. The molecule has 0 aromatic carbocycles. The Labute approximate surface area is 177 Å². The van der Waals surface area contributed by atoms with Gasteiger partial charge in [0.25, 0.3) is 0 Å². The summed E-state index contributed by atoms with van der Waals surface area (Å²) in [5.74, 6) is 3.51. The molecule has 0 unspecified atom stereocenters. The standard InChI is InChI=1S/C23H28N6O/c24-10-16-5-6-25-23(7-16)28-11-18-8-21(29-13-20(26-27-29)17-3-4-17)22(9-19(18)12-28)30-14-15-1-2-15/h5-7,13,15,17-19,21-22H,1-4,8-9,11-12,14H2/t18-,19+,21-,22-/m1/s1. The molecular weight excluding hydrogens is 376 g/mol. The predicted octanol–water partition coefficient (Wildman–Crippen LogP) is 3.30. The average molecular weight is 405 g/mol. The molecule has 1 aliphatic heterocycles. The normalized spacial score (nSPS) is 30.8. The Kier molecular flexibility index (Phi) is 4.49. The first-order valence-corrected chi connectivity index (χ1v) is 11.4. The third-order valence-corrected chi connectivity index (χ3v) is 7.39. The maximum atomic E-state index is 9.23. The van der Waals surface area contributed by atoms with Gasteiger partial charge in [-0.1, -0.05) is 5.21 Å². The summed E-state index contributed by atoms with van der Waals surface area (Å²) in [7, 11) is 0. The molecule has 30 heavy (non-hydrogen) atoms. The van der Waals surface area contributed by atoms with Crippen LogP contribution in [0.3, 0.4) is 0 Å². The summed E-state index contributed by atoms with van der Waals surface area (Å²) in [6.45, 7) is 2.87. The molecule has 0 N–H and O–H groups in total. The highest BCUT2D eigenvalue weighted by Crippen LogP contribution is 2.45. The average Bonchev–Trinajstić information content (AvgIpc) is 3.71. The van der Waals surface area contributed by atoms with Crippen LogP contribution in [0.1, 0.15) is 61.7 Å². The van der Waals surface area contributed by atoms with Crippen molar-refractivity contribution in [3.05, 3.63) is 35.8 Å². The lowest BCUT2D eigenvalue weighted by Gasteiger charge is -2.37. The van der Waals surface area contributed by atoms with Crippen molar-refractivity contribution in [2.75, 3.05) is 24.6 Å². The first-order valence-electron chi connectivity index (χ1n) is 11.4. The number of anilines is 1. The number of rotatable bonds is 6. The molecule has 4 aliphatic rings. The van der Waals surface area contributed by atoms with Crippen molar-refractivity contribution in [3.8, 4) is 6.07 Å². The monoisotopic (exact) mass is 404 g/mol. The fraction of sp³-hybridized carbons (Fsp3) is 0.652. The van der Waals surface area contributed by atoms with Crippen molar-refractivity contribution >= 4 is 5.82 Å². The highest BCUT2D eigenvalue weighted by Gasteiger charge is 2.45. The molecule has 0 spiro atoms. The maximum Gasteiger partial charge on any atom is 0.129 e. The van der Waals surface area contributed by atoms with Crippen LogP contribution >= 0.6 is 0 Å². The van der Waals surface area contributed by atoms with Crippen LogP contribution in [0.15, 0.2) is 24.5 Å². The van der Waals surface area contributed by atoms with Crippen LogP contribution in [-0.4, -0.2) is 45.8 Å². The van der Waals surface area contributed by atoms with Gasteiger partial charge < -0.3 is 9.64 Å². The molecule has 0 radical (unpaired) electrons. The van der Waals surface area contributed by atoms with Crippen LogP contribution in [0, 0.1) is 29.1 Å². The maximum absolute atomic E-state index is 9.23. The Hall–Kier alpha value is -2.46. The van der Waals surface area contributed by atoms with Gasteiger partial charge >= 0.3 is 0 Å². The Morgan fingerprint density at radius 3 is 2.73 bits per heavy atom. The summed E-state index contributed by atoms with van der Waals surface area (Å²) in [5, 5.41) is 18.2. The first kappa shape index (κ1) is 18.3. The van der Waals surface area contributed by atoms with Gasteiger partial charge in [0.15, 0.2) is 0 Å². The number of nitrogens with zero attached hydrogens (tertiary/aromatic N) is 6. The minimum atomic E-state index is 0.207. The fourth-order valence-electron chi connectivity index (χ4n) is 5.26. The van der Waals surface area contributed by atoms with Gasteiger partial charge in [-0.05, 0) is 68.4 Å². The molecule has 0 amide bonds. The zero-order chi connectivity index (χ0) is 20.1. The van der Waals surface area contributed by atoms with Gasteiger partial charge in [-0.25, -0.2) is 9.67 Å². The van der Waals surface area contributed by atoms with E-state index in [9.17, 15) is 5.26 Å². The van der Waals surface area contributed by atoms with Crippen molar-refractivity contribution in [1.82, 2.24) is 20.0 Å². The SMILES string of the molecule is N#Cc1ccnc(N2C[C@H]3C[C@@H](n4cc(C5CC5)nn4)[C@H](OCC4CC4)C[C@H]3C2)c1. The summed E-state index contributed by atoms with van der Waals surface area (Å²) in [6.07, 6.45) is 11.4. The van der Waals surface area contributed by atoms with Gasteiger partial charge in [0.1, 0.15) is 5.82 Å². The highest BCUT2D eigenvalue weighted by atomic mass is 16.5. The minimum absolute atomic E-state index is 0.207. The second-order valence-corrected chi connectivity index (χ2v) is 9.69. The van der Waals surface area contributed by atoms with Crippen molar-refractivity contribution in [3.63, 3.8) is 0 Å². The largest absolute Gasteiger partial charge is 0.376 e. The molecule has 0 bridgehead atoms. The number of ether oxygens (including phenoxy) is 1. The molecule has 2 aromatic heterocycles. The summed E-state index contributed by atoms with van der Waals surface area (Å²) in [5.41, 5.74) is 1.83. The quantitative estimate of drug-likeness (QED) is 0.735. The Bertz CT molecular complexity index is 959. The molecule has 1 saturated heterocycles. The van der Waals surface area contributed by atoms with E-state index in [1.54, 1.807) is 12.3 Å². The molecule has 6 rings (SSSR count). The first-order chi connectivity index (χ1) is 14.8. The summed E-state index contributed by atoms with van der Waals surface area (Å²) in [6, 6.07) is 6.18. The number of hydrogen-bond acceptors (Lipinski definition) is 6. The number of hydrogen-bond donors (Lipinski definition) is 0. The number of fused-ring (bicyclic) bond motifs is 1. The summed E-state index contributed by atoms with van der Waals surface area (Å²) < 4.78 is 8.59. The molecule has 3 heterocycles. The smallest absolute Gasteiger partial charge is 0.129 e. The summed E-state index contributed by atoms with van der Waals surface area (Å²) >= 11 is 0. The molecule has 2 aromatic rings. The van der Waals surface area contributed by atoms with Crippen molar-refractivity contribution in [2.24, 2.45) is 17.8 Å². The zero-order valence-electron chi connectivity index (χ0n) is 17.2. The van der Waals surface area contributed by atoms with E-state index in [1.807, 2.05) is 6.07 Å². The van der Waals surface area contributed by atoms with Gasteiger partial charge in [0.05, 0.1) is 29.5 Å². The third-order valence-electron chi connectivity index (χ3n) is 7.39. The lowest BCUT2D eigenvalue weighted by atomic mass is 9.77. The van der Waals surface area contributed by atoms with Crippen LogP contribution in [0.4, 0.5) is 5.82 Å². The third kappa shape index (κ3) is 3.58. The van der Waals surface area contributed by atoms with Gasteiger partial charge in [-0.15, -0.1) is 5.10 Å². The van der Waals surface area contributed by atoms with E-state index < -0.39 is 0 Å². The van der Waals surface area contributed by atoms with E-state index in [0.717, 1.165) is 50.0 Å². The second kappa shape index (κ2) is 7.35. The van der Waals surface area contributed by atoms with E-state index in [-0.39, 0.29) is 12.1 Å². The van der Waals surface area contributed by atoms with Gasteiger partial charge in [0.2, 0.25) is 0 Å². The van der Waals surface area contributed by atoms with E-state index in [2.05, 4.69) is 37.1 Å². The van der Waals surface area contributed by atoms with E-state index >= 15 is 0 Å². The molecule has 3 saturated carbocycles. The molecule has 7 heteroatoms. The van der Waals surface area contributed by atoms with Crippen molar-refractivity contribution in [1.29, 1.82) is 5.26 Å². The Balaban J connectivity index is 1.21. The van der Waals surface area contributed by atoms with Crippen molar-refractivity contribution < 1.29 is 4.74 Å². The second-order valence-electron chi connectivity index (χ2n) is 9.69. The molecule has 4 fully saturated rings. The van der Waals surface area contributed by atoms with Gasteiger partial charge in [-0.3, -0.25) is 0 Å². The van der Waals surface area contributed by atoms with Crippen LogP contribution in [-0.2, 0) is 4.74 Å². The fourth-order valence-corrected chi connectivity index (χ4v) is 5.26. The zero-order valence-corrected chi connectivity index (χ0v) is 17.2. The Morgan fingerprint density at radius 1 is 1.13 bits per heavy atom. The summed E-state index contributed by atoms with van der Waals surface area (Å²) in [4.78, 5) is 6.89. The molecule has 156 valence electrons. The molecule has 3 aliphatic carbocycles. The molecular formula is C23H28N6O. The lowest BCUT2D eigenvalue weighted by Crippen LogP contribution is -2.38. The van der Waals surface area contributed by atoms with E-state index in [0.29, 0.717) is 23.3 Å². The van der Waals surface area contributed by atoms with Gasteiger partial charge in [0, 0.05) is 38.0 Å². The predicted molar refractivity (Wildman–Crippen MR) is 111 cm³/mol. The van der Waals surface area contributed by atoms with Gasteiger partial charge in [-0.2, -0.15) is 5.26 Å². The van der Waals surface area contributed by atoms with Crippen LogP contribution in [0.5, 0.6) is 0 Å². The number of aromatic nitrogens is 4. The van der Waals surface area contributed by atoms with Crippen LogP contribution < -0.4 is 4.90 Å². The number of nitriles is 1. The number of pyridine rings is 1. The highest BCUT2D eigenvalue weighted by molar-refractivity contribution is 5.46. The van der Waals surface area contributed by atoms with Crippen LogP contribution in [0.25, 0.3) is 0 Å². The lowest BCUT2D eigenvalue weighted by molar-refractivity contribution is -0.0375. The molecule has 4 atom stereocenters. The van der Waals surface area contributed by atoms with E-state index in [1.165, 1.54) is 25.7 Å². The van der Waals surface area contributed by atoms with E-state index in [4.69, 9.17) is 4.74 Å². The van der Waals surface area contributed by atoms with Crippen molar-refractivity contribution in [2.45, 2.75) is 56.6 Å². The Morgan fingerprint density at radius 2 is 1.97 bits per heavy atom. The minimum Gasteiger partial charge on any atom is -0.376 e.